The normalized spacial score (nSPS) is 14.9. The van der Waals surface area contributed by atoms with Gasteiger partial charge in [0.15, 0.2) is 0 Å². The molecule has 0 aliphatic heterocycles. The fourth-order valence-electron chi connectivity index (χ4n) is 1.32. The summed E-state index contributed by atoms with van der Waals surface area (Å²) in [6, 6.07) is 8.15. The summed E-state index contributed by atoms with van der Waals surface area (Å²) in [4.78, 5) is 0. The second-order valence-corrected chi connectivity index (χ2v) is 3.71. The van der Waals surface area contributed by atoms with Crippen LogP contribution in [0.1, 0.15) is 25.8 Å². The predicted octanol–water partition coefficient (Wildman–Crippen LogP) is 2.50. The Hall–Kier alpha value is -1.02. The molecule has 1 rings (SSSR count). The van der Waals surface area contributed by atoms with Gasteiger partial charge in [0.1, 0.15) is 11.9 Å². The van der Waals surface area contributed by atoms with E-state index in [9.17, 15) is 0 Å². The summed E-state index contributed by atoms with van der Waals surface area (Å²) in [6.45, 7) is 6.13. The van der Waals surface area contributed by atoms with Crippen LogP contribution in [-0.2, 0) is 0 Å². The van der Waals surface area contributed by atoms with E-state index >= 15 is 0 Å². The zero-order chi connectivity index (χ0) is 10.6. The highest BCUT2D eigenvalue weighted by atomic mass is 16.5. The summed E-state index contributed by atoms with van der Waals surface area (Å²) in [7, 11) is 0. The molecule has 2 N–H and O–H groups in total. The Morgan fingerprint density at radius 2 is 2.14 bits per heavy atom. The standard InChI is InChI=1S/C12H19NO/c1-4-12(13)10(3)14-11-7-5-6-9(2)8-11/h5-8,10,12H,4,13H2,1-3H3. The Kier molecular flexibility index (Phi) is 3.96. The van der Waals surface area contributed by atoms with Crippen molar-refractivity contribution in [3.8, 4) is 5.75 Å². The number of aryl methyl sites for hydroxylation is 1. The Labute approximate surface area is 86.1 Å². The highest BCUT2D eigenvalue weighted by Gasteiger charge is 2.11. The maximum absolute atomic E-state index is 5.88. The van der Waals surface area contributed by atoms with Gasteiger partial charge >= 0.3 is 0 Å². The topological polar surface area (TPSA) is 35.2 Å². The molecule has 0 saturated carbocycles. The Balaban J connectivity index is 2.60. The Morgan fingerprint density at radius 1 is 1.43 bits per heavy atom. The monoisotopic (exact) mass is 193 g/mol. The van der Waals surface area contributed by atoms with Crippen molar-refractivity contribution in [2.75, 3.05) is 0 Å². The zero-order valence-corrected chi connectivity index (χ0v) is 9.16. The van der Waals surface area contributed by atoms with Gasteiger partial charge < -0.3 is 10.5 Å². The number of benzene rings is 1. The fourth-order valence-corrected chi connectivity index (χ4v) is 1.32. The van der Waals surface area contributed by atoms with Crippen LogP contribution >= 0.6 is 0 Å². The predicted molar refractivity (Wildman–Crippen MR) is 59.5 cm³/mol. The molecular weight excluding hydrogens is 174 g/mol. The van der Waals surface area contributed by atoms with Gasteiger partial charge in [-0.1, -0.05) is 19.1 Å². The minimum absolute atomic E-state index is 0.0711. The molecule has 0 saturated heterocycles. The molecule has 0 bridgehead atoms. The van der Waals surface area contributed by atoms with Gasteiger partial charge in [0.05, 0.1) is 0 Å². The van der Waals surface area contributed by atoms with Crippen LogP contribution in [0.15, 0.2) is 24.3 Å². The Morgan fingerprint density at radius 3 is 2.71 bits per heavy atom. The number of ether oxygens (including phenoxy) is 1. The van der Waals surface area contributed by atoms with Gasteiger partial charge in [-0.3, -0.25) is 0 Å². The van der Waals surface area contributed by atoms with Gasteiger partial charge in [-0.05, 0) is 38.0 Å². The molecule has 1 aromatic carbocycles. The van der Waals surface area contributed by atoms with Crippen molar-refractivity contribution >= 4 is 0 Å². The van der Waals surface area contributed by atoms with Crippen LogP contribution in [0.5, 0.6) is 5.75 Å². The highest BCUT2D eigenvalue weighted by Crippen LogP contribution is 2.15. The lowest BCUT2D eigenvalue weighted by Crippen LogP contribution is -2.35. The largest absolute Gasteiger partial charge is 0.489 e. The average molecular weight is 193 g/mol. The van der Waals surface area contributed by atoms with Crippen LogP contribution < -0.4 is 10.5 Å². The summed E-state index contributed by atoms with van der Waals surface area (Å²) in [5.41, 5.74) is 7.09. The molecule has 0 radical (unpaired) electrons. The number of hydrogen-bond donors (Lipinski definition) is 1. The summed E-state index contributed by atoms with van der Waals surface area (Å²) in [5.74, 6) is 0.904. The van der Waals surface area contributed by atoms with Gasteiger partial charge in [-0.15, -0.1) is 0 Å². The van der Waals surface area contributed by atoms with E-state index in [1.807, 2.05) is 25.1 Å². The molecule has 2 heteroatoms. The molecule has 0 heterocycles. The maximum Gasteiger partial charge on any atom is 0.120 e. The number of rotatable bonds is 4. The van der Waals surface area contributed by atoms with E-state index in [-0.39, 0.29) is 12.1 Å². The van der Waals surface area contributed by atoms with Crippen molar-refractivity contribution in [1.29, 1.82) is 0 Å². The van der Waals surface area contributed by atoms with Gasteiger partial charge in [-0.2, -0.15) is 0 Å². The second-order valence-electron chi connectivity index (χ2n) is 3.71. The van der Waals surface area contributed by atoms with Gasteiger partial charge in [0.25, 0.3) is 0 Å². The van der Waals surface area contributed by atoms with Crippen molar-refractivity contribution in [3.63, 3.8) is 0 Å². The van der Waals surface area contributed by atoms with Crippen LogP contribution in [0.2, 0.25) is 0 Å². The second kappa shape index (κ2) is 5.01. The first-order chi connectivity index (χ1) is 6.63. The average Bonchev–Trinajstić information content (AvgIpc) is 2.16. The third-order valence-corrected chi connectivity index (χ3v) is 2.39. The van der Waals surface area contributed by atoms with E-state index in [2.05, 4.69) is 19.9 Å². The molecule has 0 spiro atoms. The van der Waals surface area contributed by atoms with Crippen molar-refractivity contribution in [2.24, 2.45) is 5.73 Å². The first-order valence-electron chi connectivity index (χ1n) is 5.12. The van der Waals surface area contributed by atoms with Gasteiger partial charge in [0.2, 0.25) is 0 Å². The lowest BCUT2D eigenvalue weighted by Gasteiger charge is -2.20. The van der Waals surface area contributed by atoms with Crippen molar-refractivity contribution in [1.82, 2.24) is 0 Å². The quantitative estimate of drug-likeness (QED) is 0.797. The summed E-state index contributed by atoms with van der Waals surface area (Å²) >= 11 is 0. The summed E-state index contributed by atoms with van der Waals surface area (Å²) < 4.78 is 5.72. The SMILES string of the molecule is CCC(N)C(C)Oc1cccc(C)c1. The lowest BCUT2D eigenvalue weighted by molar-refractivity contribution is 0.187. The van der Waals surface area contributed by atoms with Crippen molar-refractivity contribution < 1.29 is 4.74 Å². The molecule has 14 heavy (non-hydrogen) atoms. The van der Waals surface area contributed by atoms with E-state index < -0.39 is 0 Å². The van der Waals surface area contributed by atoms with Gasteiger partial charge in [0, 0.05) is 6.04 Å². The van der Waals surface area contributed by atoms with Crippen LogP contribution in [-0.4, -0.2) is 12.1 Å². The summed E-state index contributed by atoms with van der Waals surface area (Å²) in [6.07, 6.45) is 1.01. The van der Waals surface area contributed by atoms with Crippen LogP contribution in [0.25, 0.3) is 0 Å². The first kappa shape index (κ1) is 11.1. The van der Waals surface area contributed by atoms with E-state index in [4.69, 9.17) is 10.5 Å². The molecule has 0 amide bonds. The van der Waals surface area contributed by atoms with Crippen LogP contribution in [0, 0.1) is 6.92 Å². The molecule has 0 aromatic heterocycles. The summed E-state index contributed by atoms with van der Waals surface area (Å²) in [5, 5.41) is 0. The fraction of sp³-hybridized carbons (Fsp3) is 0.500. The highest BCUT2D eigenvalue weighted by molar-refractivity contribution is 5.27. The lowest BCUT2D eigenvalue weighted by atomic mass is 10.1. The van der Waals surface area contributed by atoms with Crippen LogP contribution in [0.3, 0.4) is 0 Å². The molecule has 1 aromatic rings. The van der Waals surface area contributed by atoms with Crippen LogP contribution in [0.4, 0.5) is 0 Å². The molecule has 2 unspecified atom stereocenters. The molecule has 0 aliphatic carbocycles. The smallest absolute Gasteiger partial charge is 0.120 e. The van der Waals surface area contributed by atoms with Crippen molar-refractivity contribution in [3.05, 3.63) is 29.8 Å². The van der Waals surface area contributed by atoms with E-state index in [1.54, 1.807) is 0 Å². The van der Waals surface area contributed by atoms with E-state index in [1.165, 1.54) is 5.56 Å². The molecule has 0 fully saturated rings. The third kappa shape index (κ3) is 3.04. The minimum Gasteiger partial charge on any atom is -0.489 e. The van der Waals surface area contributed by atoms with Gasteiger partial charge in [-0.25, -0.2) is 0 Å². The van der Waals surface area contributed by atoms with E-state index in [0.29, 0.717) is 0 Å². The van der Waals surface area contributed by atoms with E-state index in [0.717, 1.165) is 12.2 Å². The molecule has 2 atom stereocenters. The minimum atomic E-state index is 0.0711. The molecule has 2 nitrogen and oxygen atoms in total. The zero-order valence-electron chi connectivity index (χ0n) is 9.16. The Bertz CT molecular complexity index is 285. The first-order valence-corrected chi connectivity index (χ1v) is 5.12. The maximum atomic E-state index is 5.88. The van der Waals surface area contributed by atoms with Crippen molar-refractivity contribution in [2.45, 2.75) is 39.3 Å². The molecule has 0 aliphatic rings. The number of nitrogens with two attached hydrogens (primary N) is 1. The third-order valence-electron chi connectivity index (χ3n) is 2.39. The molecule has 78 valence electrons. The number of hydrogen-bond acceptors (Lipinski definition) is 2. The molecular formula is C12H19NO.